The number of aryl methyl sites for hydroxylation is 2. The predicted octanol–water partition coefficient (Wildman–Crippen LogP) is 12.6. The summed E-state index contributed by atoms with van der Waals surface area (Å²) in [5.41, 5.74) is 15.0. The highest BCUT2D eigenvalue weighted by Gasteiger charge is 2.24. The number of rotatable bonds is 5. The molecule has 0 spiro atoms. The number of fused-ring (bicyclic) bond motifs is 2. The molecule has 258 valence electrons. The van der Waals surface area contributed by atoms with Crippen molar-refractivity contribution in [3.8, 4) is 45.1 Å². The van der Waals surface area contributed by atoms with Crippen LogP contribution in [0.4, 0.5) is 0 Å². The van der Waals surface area contributed by atoms with E-state index >= 15 is 0 Å². The number of aromatic hydroxyl groups is 1. The van der Waals surface area contributed by atoms with Gasteiger partial charge in [0.1, 0.15) is 11.6 Å². The minimum atomic E-state index is -0.101. The molecule has 0 unspecified atom stereocenters. The molecule has 0 amide bonds. The van der Waals surface area contributed by atoms with E-state index < -0.39 is 0 Å². The summed E-state index contributed by atoms with van der Waals surface area (Å²) in [4.78, 5) is 10.3. The van der Waals surface area contributed by atoms with Gasteiger partial charge in [0.25, 0.3) is 0 Å². The van der Waals surface area contributed by atoms with Crippen molar-refractivity contribution < 1.29 is 5.11 Å². The average Bonchev–Trinajstić information content (AvgIpc) is 3.46. The van der Waals surface area contributed by atoms with Crippen LogP contribution in [0.15, 0.2) is 103 Å². The van der Waals surface area contributed by atoms with Gasteiger partial charge in [-0.05, 0) is 118 Å². The first-order chi connectivity index (χ1) is 24.1. The SMILES string of the molecule is Cc1cc(-c2cccc3c(C)ccnc23)cc(-c2cc(C(C)C)cc3c2nc(-c2cc(C(C)(C)C)ccc2O)n3-c2ccc(C(C)(C)C)cc2)c1. The molecule has 7 rings (SSSR count). The Labute approximate surface area is 302 Å². The molecular weight excluding hydrogens is 623 g/mol. The third kappa shape index (κ3) is 6.33. The number of hydrogen-bond acceptors (Lipinski definition) is 3. The minimum absolute atomic E-state index is 0.0246. The van der Waals surface area contributed by atoms with Crippen LogP contribution >= 0.6 is 0 Å². The molecule has 0 radical (unpaired) electrons. The maximum atomic E-state index is 11.5. The van der Waals surface area contributed by atoms with E-state index in [9.17, 15) is 5.11 Å². The van der Waals surface area contributed by atoms with Gasteiger partial charge in [0, 0.05) is 28.4 Å². The van der Waals surface area contributed by atoms with Crippen LogP contribution in [0.2, 0.25) is 0 Å². The number of nitrogens with zero attached hydrogens (tertiary/aromatic N) is 3. The lowest BCUT2D eigenvalue weighted by atomic mass is 9.86. The van der Waals surface area contributed by atoms with E-state index in [2.05, 4.69) is 159 Å². The van der Waals surface area contributed by atoms with Gasteiger partial charge in [0.15, 0.2) is 0 Å². The predicted molar refractivity (Wildman–Crippen MR) is 215 cm³/mol. The molecule has 0 bridgehead atoms. The van der Waals surface area contributed by atoms with Crippen LogP contribution in [-0.2, 0) is 10.8 Å². The van der Waals surface area contributed by atoms with Crippen molar-refractivity contribution in [2.24, 2.45) is 0 Å². The number of benzene rings is 5. The quantitative estimate of drug-likeness (QED) is 0.198. The monoisotopic (exact) mass is 671 g/mol. The summed E-state index contributed by atoms with van der Waals surface area (Å²) in [6.45, 7) is 22.1. The molecule has 2 heterocycles. The van der Waals surface area contributed by atoms with Crippen LogP contribution in [0.3, 0.4) is 0 Å². The molecule has 0 atom stereocenters. The van der Waals surface area contributed by atoms with Crippen molar-refractivity contribution in [3.63, 3.8) is 0 Å². The summed E-state index contributed by atoms with van der Waals surface area (Å²) < 4.78 is 2.24. The Morgan fingerprint density at radius 2 is 1.31 bits per heavy atom. The Morgan fingerprint density at radius 3 is 1.98 bits per heavy atom. The van der Waals surface area contributed by atoms with Crippen LogP contribution in [-0.4, -0.2) is 19.6 Å². The molecular formula is C47H49N3O. The van der Waals surface area contributed by atoms with Gasteiger partial charge in [-0.25, -0.2) is 4.98 Å². The summed E-state index contributed by atoms with van der Waals surface area (Å²) in [6, 6.07) is 34.7. The molecule has 0 aliphatic carbocycles. The number of hydrogen-bond donors (Lipinski definition) is 1. The Hall–Kier alpha value is -5.22. The fourth-order valence-electron chi connectivity index (χ4n) is 7.13. The van der Waals surface area contributed by atoms with Gasteiger partial charge in [-0.2, -0.15) is 0 Å². The minimum Gasteiger partial charge on any atom is -0.507 e. The number of phenolic OH excluding ortho intramolecular Hbond substituents is 1. The van der Waals surface area contributed by atoms with Crippen LogP contribution in [0.5, 0.6) is 5.75 Å². The standard InChI is InChI=1S/C47H49N3O/c1-28(2)31-25-39(33-23-29(3)22-32(24-33)38-13-11-12-37-30(4)20-21-48-43(37)38)44-41(26-31)50(36-17-14-34(15-18-36)46(5,6)7)45(49-44)40-27-35(47(8,9)10)16-19-42(40)51/h11-28,51H,1-10H3. The molecule has 2 aromatic heterocycles. The maximum Gasteiger partial charge on any atom is 0.149 e. The van der Waals surface area contributed by atoms with Gasteiger partial charge in [0.05, 0.1) is 22.1 Å². The Balaban J connectivity index is 1.55. The van der Waals surface area contributed by atoms with Gasteiger partial charge in [0.2, 0.25) is 0 Å². The van der Waals surface area contributed by atoms with E-state index in [1.165, 1.54) is 27.6 Å². The highest BCUT2D eigenvalue weighted by atomic mass is 16.3. The van der Waals surface area contributed by atoms with E-state index in [1.54, 1.807) is 0 Å². The second-order valence-corrected chi connectivity index (χ2v) is 16.6. The van der Waals surface area contributed by atoms with Crippen LogP contribution in [0.1, 0.15) is 89.1 Å². The van der Waals surface area contributed by atoms with Gasteiger partial charge < -0.3 is 5.11 Å². The first-order valence-electron chi connectivity index (χ1n) is 18.1. The highest BCUT2D eigenvalue weighted by Crippen LogP contribution is 2.42. The van der Waals surface area contributed by atoms with Gasteiger partial charge in [-0.3, -0.25) is 9.55 Å². The van der Waals surface area contributed by atoms with E-state index in [4.69, 9.17) is 9.97 Å². The van der Waals surface area contributed by atoms with Crippen LogP contribution < -0.4 is 0 Å². The molecule has 0 aliphatic heterocycles. The lowest BCUT2D eigenvalue weighted by molar-refractivity contribution is 0.475. The van der Waals surface area contributed by atoms with Crippen LogP contribution in [0.25, 0.3) is 61.3 Å². The Morgan fingerprint density at radius 1 is 0.647 bits per heavy atom. The topological polar surface area (TPSA) is 50.9 Å². The van der Waals surface area contributed by atoms with E-state index in [-0.39, 0.29) is 22.5 Å². The number of imidazole rings is 1. The van der Waals surface area contributed by atoms with Gasteiger partial charge in [-0.15, -0.1) is 0 Å². The summed E-state index contributed by atoms with van der Waals surface area (Å²) in [5.74, 6) is 1.23. The molecule has 51 heavy (non-hydrogen) atoms. The fraction of sp³-hybridized carbons (Fsp3) is 0.277. The fourth-order valence-corrected chi connectivity index (χ4v) is 7.13. The third-order valence-electron chi connectivity index (χ3n) is 10.2. The summed E-state index contributed by atoms with van der Waals surface area (Å²) in [5, 5.41) is 12.6. The lowest BCUT2D eigenvalue weighted by Gasteiger charge is -2.21. The normalized spacial score (nSPS) is 12.4. The summed E-state index contributed by atoms with van der Waals surface area (Å²) in [7, 11) is 0. The molecule has 1 N–H and O–H groups in total. The van der Waals surface area contributed by atoms with Crippen LogP contribution in [0, 0.1) is 13.8 Å². The van der Waals surface area contributed by atoms with E-state index in [0.717, 1.165) is 61.4 Å². The lowest BCUT2D eigenvalue weighted by Crippen LogP contribution is -2.11. The first-order valence-corrected chi connectivity index (χ1v) is 18.1. The number of para-hydroxylation sites is 1. The summed E-state index contributed by atoms with van der Waals surface area (Å²) in [6.07, 6.45) is 1.90. The molecule has 4 nitrogen and oxygen atoms in total. The smallest absolute Gasteiger partial charge is 0.149 e. The zero-order valence-electron chi connectivity index (χ0n) is 31.7. The molecule has 5 aromatic carbocycles. The van der Waals surface area contributed by atoms with E-state index in [1.807, 2.05) is 18.3 Å². The highest BCUT2D eigenvalue weighted by molar-refractivity contribution is 5.99. The largest absolute Gasteiger partial charge is 0.507 e. The first kappa shape index (κ1) is 34.2. The summed E-state index contributed by atoms with van der Waals surface area (Å²) >= 11 is 0. The van der Waals surface area contributed by atoms with Crippen molar-refractivity contribution in [1.82, 2.24) is 14.5 Å². The number of pyridine rings is 1. The zero-order valence-corrected chi connectivity index (χ0v) is 31.7. The second-order valence-electron chi connectivity index (χ2n) is 16.6. The van der Waals surface area contributed by atoms with Crippen molar-refractivity contribution >= 4 is 21.9 Å². The molecule has 0 saturated heterocycles. The number of phenols is 1. The van der Waals surface area contributed by atoms with Crippen molar-refractivity contribution in [1.29, 1.82) is 0 Å². The van der Waals surface area contributed by atoms with Crippen molar-refractivity contribution in [2.45, 2.75) is 86.0 Å². The van der Waals surface area contributed by atoms with Crippen molar-refractivity contribution in [2.75, 3.05) is 0 Å². The zero-order chi connectivity index (χ0) is 36.4. The molecule has 7 aromatic rings. The average molecular weight is 672 g/mol. The number of aromatic nitrogens is 3. The second kappa shape index (κ2) is 12.5. The molecule has 0 saturated carbocycles. The maximum absolute atomic E-state index is 11.5. The van der Waals surface area contributed by atoms with Gasteiger partial charge in [-0.1, -0.05) is 104 Å². The third-order valence-corrected chi connectivity index (χ3v) is 10.2. The Kier molecular flexibility index (Phi) is 8.41. The Bertz CT molecular complexity index is 2430. The molecule has 4 heteroatoms. The van der Waals surface area contributed by atoms with Gasteiger partial charge >= 0.3 is 0 Å². The molecule has 0 aliphatic rings. The molecule has 0 fully saturated rings. The van der Waals surface area contributed by atoms with E-state index in [0.29, 0.717) is 0 Å². The van der Waals surface area contributed by atoms with Crippen molar-refractivity contribution in [3.05, 3.63) is 131 Å².